The van der Waals surface area contributed by atoms with E-state index in [4.69, 9.17) is 4.74 Å². The van der Waals surface area contributed by atoms with Crippen molar-refractivity contribution in [3.63, 3.8) is 0 Å². The Morgan fingerprint density at radius 3 is 3.05 bits per heavy atom. The lowest BCUT2D eigenvalue weighted by Crippen LogP contribution is -2.28. The number of aryl methyl sites for hydroxylation is 1. The summed E-state index contributed by atoms with van der Waals surface area (Å²) in [6.07, 6.45) is 6.38. The normalized spacial score (nSPS) is 12.5. The first kappa shape index (κ1) is 13.3. The van der Waals surface area contributed by atoms with Crippen molar-refractivity contribution in [1.82, 2.24) is 24.3 Å². The summed E-state index contributed by atoms with van der Waals surface area (Å²) in [6.45, 7) is 2.29. The fraction of sp³-hybridized carbons (Fsp3) is 0.286. The van der Waals surface area contributed by atoms with E-state index in [1.54, 1.807) is 36.4 Å². The summed E-state index contributed by atoms with van der Waals surface area (Å²) in [4.78, 5) is 20.5. The van der Waals surface area contributed by atoms with E-state index in [9.17, 15) is 4.79 Å². The Labute approximate surface area is 120 Å². The van der Waals surface area contributed by atoms with Crippen molar-refractivity contribution in [2.45, 2.75) is 19.6 Å². The standard InChI is InChI=1S/C14H15N5O2/c1-10(21-11-4-3-5-15-6-11)7-19-9-16-12-8-18(2)17-13(12)14(19)20/h3-6,8-10H,7H2,1-2H3/t10-/m0/s1. The Bertz CT molecular complexity index is 809. The zero-order valence-electron chi connectivity index (χ0n) is 11.8. The quantitative estimate of drug-likeness (QED) is 0.714. The van der Waals surface area contributed by atoms with Gasteiger partial charge in [0, 0.05) is 13.2 Å². The molecule has 0 bridgehead atoms. The Morgan fingerprint density at radius 2 is 2.29 bits per heavy atom. The van der Waals surface area contributed by atoms with Gasteiger partial charge in [0.25, 0.3) is 5.56 Å². The molecule has 0 spiro atoms. The Kier molecular flexibility index (Phi) is 3.39. The van der Waals surface area contributed by atoms with Gasteiger partial charge in [-0.2, -0.15) is 5.10 Å². The average molecular weight is 285 g/mol. The summed E-state index contributed by atoms with van der Waals surface area (Å²) >= 11 is 0. The Morgan fingerprint density at radius 1 is 1.43 bits per heavy atom. The zero-order chi connectivity index (χ0) is 14.8. The molecule has 108 valence electrons. The van der Waals surface area contributed by atoms with Crippen LogP contribution in [0.2, 0.25) is 0 Å². The number of nitrogens with zero attached hydrogens (tertiary/aromatic N) is 5. The van der Waals surface area contributed by atoms with E-state index in [0.29, 0.717) is 23.3 Å². The molecule has 0 N–H and O–H groups in total. The summed E-state index contributed by atoms with van der Waals surface area (Å²) in [5.74, 6) is 0.671. The monoisotopic (exact) mass is 285 g/mol. The van der Waals surface area contributed by atoms with Gasteiger partial charge in [0.05, 0.1) is 25.3 Å². The summed E-state index contributed by atoms with van der Waals surface area (Å²) in [5.41, 5.74) is 0.801. The molecular formula is C14H15N5O2. The summed E-state index contributed by atoms with van der Waals surface area (Å²) in [5, 5.41) is 4.13. The minimum absolute atomic E-state index is 0.165. The molecule has 21 heavy (non-hydrogen) atoms. The molecule has 0 saturated carbocycles. The molecule has 0 aliphatic carbocycles. The number of ether oxygens (including phenoxy) is 1. The van der Waals surface area contributed by atoms with Crippen LogP contribution in [-0.2, 0) is 13.6 Å². The van der Waals surface area contributed by atoms with Crippen LogP contribution in [0.5, 0.6) is 5.75 Å². The molecule has 0 aliphatic rings. The number of pyridine rings is 1. The number of fused-ring (bicyclic) bond motifs is 1. The largest absolute Gasteiger partial charge is 0.487 e. The Balaban J connectivity index is 1.81. The number of hydrogen-bond acceptors (Lipinski definition) is 5. The van der Waals surface area contributed by atoms with E-state index in [2.05, 4.69) is 15.1 Å². The lowest BCUT2D eigenvalue weighted by Gasteiger charge is -2.15. The summed E-state index contributed by atoms with van der Waals surface area (Å²) in [7, 11) is 1.76. The molecule has 0 aliphatic heterocycles. The van der Waals surface area contributed by atoms with E-state index in [0.717, 1.165) is 0 Å². The first-order valence-corrected chi connectivity index (χ1v) is 6.59. The molecule has 3 rings (SSSR count). The van der Waals surface area contributed by atoms with Gasteiger partial charge in [-0.1, -0.05) is 0 Å². The molecule has 0 radical (unpaired) electrons. The van der Waals surface area contributed by atoms with Gasteiger partial charge in [-0.25, -0.2) is 4.98 Å². The predicted octanol–water partition coefficient (Wildman–Crippen LogP) is 0.992. The van der Waals surface area contributed by atoms with Gasteiger partial charge < -0.3 is 4.74 Å². The molecule has 0 saturated heterocycles. The maximum Gasteiger partial charge on any atom is 0.281 e. The van der Waals surface area contributed by atoms with Crippen LogP contribution in [0.15, 0.2) is 41.8 Å². The van der Waals surface area contributed by atoms with Crippen molar-refractivity contribution >= 4 is 11.0 Å². The van der Waals surface area contributed by atoms with Crippen molar-refractivity contribution in [1.29, 1.82) is 0 Å². The Hall–Kier alpha value is -2.70. The molecule has 0 aromatic carbocycles. The van der Waals surface area contributed by atoms with Crippen molar-refractivity contribution in [3.8, 4) is 5.75 Å². The summed E-state index contributed by atoms with van der Waals surface area (Å²) < 4.78 is 8.81. The molecule has 3 heterocycles. The van der Waals surface area contributed by atoms with Crippen LogP contribution in [0.3, 0.4) is 0 Å². The molecule has 3 aromatic rings. The smallest absolute Gasteiger partial charge is 0.281 e. The molecule has 0 amide bonds. The molecular weight excluding hydrogens is 270 g/mol. The van der Waals surface area contributed by atoms with Gasteiger partial charge in [0.15, 0.2) is 5.52 Å². The third kappa shape index (κ3) is 2.76. The lowest BCUT2D eigenvalue weighted by molar-refractivity contribution is 0.197. The van der Waals surface area contributed by atoms with Crippen molar-refractivity contribution < 1.29 is 4.74 Å². The highest BCUT2D eigenvalue weighted by Gasteiger charge is 2.11. The van der Waals surface area contributed by atoms with E-state index < -0.39 is 0 Å². The van der Waals surface area contributed by atoms with E-state index in [-0.39, 0.29) is 11.7 Å². The van der Waals surface area contributed by atoms with Crippen molar-refractivity contribution in [2.24, 2.45) is 7.05 Å². The molecule has 0 fully saturated rings. The highest BCUT2D eigenvalue weighted by Crippen LogP contribution is 2.10. The van der Waals surface area contributed by atoms with Gasteiger partial charge in [-0.3, -0.25) is 19.0 Å². The van der Waals surface area contributed by atoms with Crippen LogP contribution < -0.4 is 10.3 Å². The number of aromatic nitrogens is 5. The zero-order valence-corrected chi connectivity index (χ0v) is 11.8. The van der Waals surface area contributed by atoms with Crippen LogP contribution in [0.4, 0.5) is 0 Å². The maximum atomic E-state index is 12.3. The minimum atomic E-state index is -0.185. The van der Waals surface area contributed by atoms with E-state index in [1.165, 1.54) is 10.9 Å². The third-order valence-corrected chi connectivity index (χ3v) is 3.03. The topological polar surface area (TPSA) is 74.8 Å². The fourth-order valence-electron chi connectivity index (χ4n) is 2.14. The van der Waals surface area contributed by atoms with E-state index in [1.807, 2.05) is 13.0 Å². The van der Waals surface area contributed by atoms with Gasteiger partial charge in [0.1, 0.15) is 17.4 Å². The average Bonchev–Trinajstić information content (AvgIpc) is 2.85. The highest BCUT2D eigenvalue weighted by atomic mass is 16.5. The minimum Gasteiger partial charge on any atom is -0.487 e. The van der Waals surface area contributed by atoms with Gasteiger partial charge in [0.2, 0.25) is 0 Å². The maximum absolute atomic E-state index is 12.3. The molecule has 3 aromatic heterocycles. The van der Waals surface area contributed by atoms with Crippen molar-refractivity contribution in [3.05, 3.63) is 47.4 Å². The molecule has 1 atom stereocenters. The number of rotatable bonds is 4. The fourth-order valence-corrected chi connectivity index (χ4v) is 2.14. The first-order valence-electron chi connectivity index (χ1n) is 6.59. The van der Waals surface area contributed by atoms with Crippen LogP contribution in [-0.4, -0.2) is 30.4 Å². The summed E-state index contributed by atoms with van der Waals surface area (Å²) in [6, 6.07) is 3.63. The van der Waals surface area contributed by atoms with Gasteiger partial charge >= 0.3 is 0 Å². The first-order chi connectivity index (χ1) is 10.1. The third-order valence-electron chi connectivity index (χ3n) is 3.03. The van der Waals surface area contributed by atoms with Gasteiger partial charge in [-0.15, -0.1) is 0 Å². The predicted molar refractivity (Wildman–Crippen MR) is 77.1 cm³/mol. The number of hydrogen-bond donors (Lipinski definition) is 0. The van der Waals surface area contributed by atoms with Crippen LogP contribution in [0.25, 0.3) is 11.0 Å². The lowest BCUT2D eigenvalue weighted by atomic mass is 10.3. The molecule has 7 heteroatoms. The van der Waals surface area contributed by atoms with Crippen LogP contribution >= 0.6 is 0 Å². The van der Waals surface area contributed by atoms with Crippen LogP contribution in [0, 0.1) is 0 Å². The van der Waals surface area contributed by atoms with Crippen LogP contribution in [0.1, 0.15) is 6.92 Å². The molecule has 0 unspecified atom stereocenters. The second-order valence-corrected chi connectivity index (χ2v) is 4.86. The van der Waals surface area contributed by atoms with E-state index >= 15 is 0 Å². The van der Waals surface area contributed by atoms with Crippen molar-refractivity contribution in [2.75, 3.05) is 0 Å². The van der Waals surface area contributed by atoms with Gasteiger partial charge in [-0.05, 0) is 19.1 Å². The molecule has 7 nitrogen and oxygen atoms in total. The highest BCUT2D eigenvalue weighted by molar-refractivity contribution is 5.71. The second kappa shape index (κ2) is 5.35. The second-order valence-electron chi connectivity index (χ2n) is 4.86. The SMILES string of the molecule is C[C@@H](Cn1cnc2cn(C)nc2c1=O)Oc1cccnc1.